The second-order valence-corrected chi connectivity index (χ2v) is 5.15. The second-order valence-electron chi connectivity index (χ2n) is 5.15. The molecule has 2 aliphatic heterocycles. The Bertz CT molecular complexity index is 504. The summed E-state index contributed by atoms with van der Waals surface area (Å²) >= 11 is 0. The molecule has 5 heteroatoms. The summed E-state index contributed by atoms with van der Waals surface area (Å²) in [4.78, 5) is 14.1. The second kappa shape index (κ2) is 5.71. The maximum Gasteiger partial charge on any atom is 0.237 e. The van der Waals surface area contributed by atoms with Gasteiger partial charge in [-0.05, 0) is 26.0 Å². The summed E-state index contributed by atoms with van der Waals surface area (Å²) in [5.41, 5.74) is 1.07. The predicted octanol–water partition coefficient (Wildman–Crippen LogP) is 1.34. The summed E-state index contributed by atoms with van der Waals surface area (Å²) in [6, 6.07) is 6.05. The minimum atomic E-state index is 0.104. The number of hydrogen-bond donors (Lipinski definition) is 1. The Labute approximate surface area is 118 Å². The molecule has 1 aromatic rings. The van der Waals surface area contributed by atoms with Crippen molar-refractivity contribution in [3.05, 3.63) is 23.8 Å². The van der Waals surface area contributed by atoms with Crippen molar-refractivity contribution in [3.63, 3.8) is 0 Å². The van der Waals surface area contributed by atoms with E-state index in [4.69, 9.17) is 9.47 Å². The molecule has 0 aliphatic carbocycles. The van der Waals surface area contributed by atoms with E-state index in [0.717, 1.165) is 36.4 Å². The van der Waals surface area contributed by atoms with Crippen LogP contribution in [-0.4, -0.2) is 44.2 Å². The monoisotopic (exact) mass is 276 g/mol. The van der Waals surface area contributed by atoms with Crippen LogP contribution in [-0.2, 0) is 4.79 Å². The van der Waals surface area contributed by atoms with E-state index in [-0.39, 0.29) is 11.9 Å². The van der Waals surface area contributed by atoms with Gasteiger partial charge < -0.3 is 19.7 Å². The van der Waals surface area contributed by atoms with E-state index in [9.17, 15) is 4.79 Å². The third kappa shape index (κ3) is 2.33. The molecule has 1 fully saturated rings. The van der Waals surface area contributed by atoms with Gasteiger partial charge in [-0.2, -0.15) is 0 Å². The number of nitrogens with zero attached hydrogens (tertiary/aromatic N) is 1. The molecule has 0 radical (unpaired) electrons. The van der Waals surface area contributed by atoms with E-state index in [1.165, 1.54) is 0 Å². The van der Waals surface area contributed by atoms with Crippen molar-refractivity contribution in [2.75, 3.05) is 33.4 Å². The van der Waals surface area contributed by atoms with Crippen LogP contribution < -0.4 is 14.8 Å². The van der Waals surface area contributed by atoms with Gasteiger partial charge in [0.15, 0.2) is 11.5 Å². The summed E-state index contributed by atoms with van der Waals surface area (Å²) in [6.45, 7) is 2.35. The van der Waals surface area contributed by atoms with E-state index in [1.54, 1.807) is 7.05 Å². The van der Waals surface area contributed by atoms with E-state index in [0.29, 0.717) is 19.8 Å². The Morgan fingerprint density at radius 1 is 1.40 bits per heavy atom. The highest BCUT2D eigenvalue weighted by atomic mass is 16.6. The Balaban J connectivity index is 1.90. The molecule has 0 saturated carbocycles. The maximum atomic E-state index is 12.2. The number of likely N-dealkylation sites (tertiary alicyclic amines) is 1. The van der Waals surface area contributed by atoms with Crippen LogP contribution >= 0.6 is 0 Å². The lowest BCUT2D eigenvalue weighted by Crippen LogP contribution is -2.37. The number of ether oxygens (including phenoxy) is 2. The lowest BCUT2D eigenvalue weighted by Gasteiger charge is -2.29. The number of rotatable bonds is 3. The van der Waals surface area contributed by atoms with E-state index >= 15 is 0 Å². The van der Waals surface area contributed by atoms with Gasteiger partial charge in [0.2, 0.25) is 5.91 Å². The average molecular weight is 276 g/mol. The number of carbonyl (C=O) groups excluding carboxylic acids is 1. The van der Waals surface area contributed by atoms with Crippen LogP contribution in [0, 0.1) is 0 Å². The number of para-hydroxylation sites is 1. The van der Waals surface area contributed by atoms with Gasteiger partial charge in [0.25, 0.3) is 0 Å². The zero-order valence-electron chi connectivity index (χ0n) is 11.7. The molecule has 1 aromatic carbocycles. The number of amides is 1. The summed E-state index contributed by atoms with van der Waals surface area (Å²) in [7, 11) is 1.80. The molecule has 2 aliphatic rings. The zero-order chi connectivity index (χ0) is 13.9. The SMILES string of the molecule is CNCC(=O)N1CCCC1c1cccc2c1OCCO2. The molecule has 0 aromatic heterocycles. The van der Waals surface area contributed by atoms with Crippen LogP contribution in [0.4, 0.5) is 0 Å². The van der Waals surface area contributed by atoms with Gasteiger partial charge in [-0.1, -0.05) is 12.1 Å². The molecule has 1 atom stereocenters. The maximum absolute atomic E-state index is 12.2. The fourth-order valence-corrected chi connectivity index (χ4v) is 3.00. The van der Waals surface area contributed by atoms with E-state index in [1.807, 2.05) is 23.1 Å². The van der Waals surface area contributed by atoms with Crippen molar-refractivity contribution in [1.82, 2.24) is 10.2 Å². The molecule has 1 unspecified atom stereocenters. The van der Waals surface area contributed by atoms with Crippen LogP contribution in [0.25, 0.3) is 0 Å². The van der Waals surface area contributed by atoms with Crippen LogP contribution in [0.5, 0.6) is 11.5 Å². The fraction of sp³-hybridized carbons (Fsp3) is 0.533. The van der Waals surface area contributed by atoms with Crippen LogP contribution in [0.3, 0.4) is 0 Å². The summed E-state index contributed by atoms with van der Waals surface area (Å²) in [5.74, 6) is 1.75. The first kappa shape index (κ1) is 13.2. The molecule has 3 rings (SSSR count). The predicted molar refractivity (Wildman–Crippen MR) is 75.0 cm³/mol. The Morgan fingerprint density at radius 2 is 2.25 bits per heavy atom. The Hall–Kier alpha value is -1.75. The van der Waals surface area contributed by atoms with Crippen molar-refractivity contribution in [3.8, 4) is 11.5 Å². The zero-order valence-corrected chi connectivity index (χ0v) is 11.7. The standard InChI is InChI=1S/C15H20N2O3/c1-16-10-14(18)17-7-3-5-12(17)11-4-2-6-13-15(11)20-9-8-19-13/h2,4,6,12,16H,3,5,7-10H2,1H3. The summed E-state index contributed by atoms with van der Waals surface area (Å²) < 4.78 is 11.4. The van der Waals surface area contributed by atoms with Gasteiger partial charge in [-0.15, -0.1) is 0 Å². The highest BCUT2D eigenvalue weighted by Crippen LogP contribution is 2.42. The molecule has 108 valence electrons. The van der Waals surface area contributed by atoms with Crippen molar-refractivity contribution < 1.29 is 14.3 Å². The number of carbonyl (C=O) groups is 1. The molecule has 5 nitrogen and oxygen atoms in total. The summed E-state index contributed by atoms with van der Waals surface area (Å²) in [5, 5.41) is 2.93. The molecule has 0 bridgehead atoms. The number of nitrogens with one attached hydrogen (secondary N) is 1. The minimum Gasteiger partial charge on any atom is -0.486 e. The van der Waals surface area contributed by atoms with Gasteiger partial charge in [-0.3, -0.25) is 4.79 Å². The van der Waals surface area contributed by atoms with E-state index < -0.39 is 0 Å². The molecule has 1 amide bonds. The lowest BCUT2D eigenvalue weighted by atomic mass is 10.0. The minimum absolute atomic E-state index is 0.104. The van der Waals surface area contributed by atoms with Gasteiger partial charge in [-0.25, -0.2) is 0 Å². The van der Waals surface area contributed by atoms with Crippen LogP contribution in [0.2, 0.25) is 0 Å². The summed E-state index contributed by atoms with van der Waals surface area (Å²) in [6.07, 6.45) is 2.01. The first-order valence-electron chi connectivity index (χ1n) is 7.14. The topological polar surface area (TPSA) is 50.8 Å². The number of benzene rings is 1. The number of hydrogen-bond acceptors (Lipinski definition) is 4. The fourth-order valence-electron chi connectivity index (χ4n) is 3.00. The quantitative estimate of drug-likeness (QED) is 0.905. The molecular formula is C15H20N2O3. The largest absolute Gasteiger partial charge is 0.486 e. The molecule has 0 spiro atoms. The van der Waals surface area contributed by atoms with Crippen molar-refractivity contribution in [1.29, 1.82) is 0 Å². The molecular weight excluding hydrogens is 256 g/mol. The highest BCUT2D eigenvalue weighted by Gasteiger charge is 2.32. The van der Waals surface area contributed by atoms with Crippen molar-refractivity contribution >= 4 is 5.91 Å². The third-order valence-corrected chi connectivity index (χ3v) is 3.86. The average Bonchev–Trinajstić information content (AvgIpc) is 2.96. The van der Waals surface area contributed by atoms with Gasteiger partial charge in [0, 0.05) is 12.1 Å². The van der Waals surface area contributed by atoms with Crippen molar-refractivity contribution in [2.45, 2.75) is 18.9 Å². The normalized spacial score (nSPS) is 21.1. The van der Waals surface area contributed by atoms with Crippen molar-refractivity contribution in [2.24, 2.45) is 0 Å². The molecule has 2 heterocycles. The number of fused-ring (bicyclic) bond motifs is 1. The van der Waals surface area contributed by atoms with Crippen LogP contribution in [0.1, 0.15) is 24.4 Å². The van der Waals surface area contributed by atoms with E-state index in [2.05, 4.69) is 5.32 Å². The van der Waals surface area contributed by atoms with Gasteiger partial charge >= 0.3 is 0 Å². The highest BCUT2D eigenvalue weighted by molar-refractivity contribution is 5.79. The first-order valence-corrected chi connectivity index (χ1v) is 7.14. The Kier molecular flexibility index (Phi) is 3.78. The lowest BCUT2D eigenvalue weighted by molar-refractivity contribution is -0.131. The first-order chi connectivity index (χ1) is 9.81. The molecule has 1 saturated heterocycles. The smallest absolute Gasteiger partial charge is 0.237 e. The van der Waals surface area contributed by atoms with Gasteiger partial charge in [0.1, 0.15) is 13.2 Å². The molecule has 1 N–H and O–H groups in total. The number of likely N-dealkylation sites (N-methyl/N-ethyl adjacent to an activating group) is 1. The third-order valence-electron chi connectivity index (χ3n) is 3.86. The van der Waals surface area contributed by atoms with Crippen LogP contribution in [0.15, 0.2) is 18.2 Å². The molecule has 20 heavy (non-hydrogen) atoms. The van der Waals surface area contributed by atoms with Gasteiger partial charge in [0.05, 0.1) is 12.6 Å². The Morgan fingerprint density at radius 3 is 3.10 bits per heavy atom.